The van der Waals surface area contributed by atoms with Crippen LogP contribution in [0, 0.1) is 5.82 Å². The first-order chi connectivity index (χ1) is 8.09. The van der Waals surface area contributed by atoms with E-state index < -0.39 is 0 Å². The summed E-state index contributed by atoms with van der Waals surface area (Å²) in [5.41, 5.74) is 0.514. The Morgan fingerprint density at radius 2 is 2.28 bits per heavy atom. The first-order valence-electron chi connectivity index (χ1n) is 5.56. The zero-order chi connectivity index (χ0) is 12.4. The third kappa shape index (κ3) is 3.22. The second kappa shape index (κ2) is 6.50. The van der Waals surface area contributed by atoms with Crippen LogP contribution in [0.2, 0.25) is 0 Å². The van der Waals surface area contributed by atoms with E-state index >= 15 is 0 Å². The lowest BCUT2D eigenvalue weighted by Gasteiger charge is -2.34. The summed E-state index contributed by atoms with van der Waals surface area (Å²) in [6.07, 6.45) is 0. The van der Waals surface area contributed by atoms with Gasteiger partial charge in [-0.2, -0.15) is 0 Å². The second-order valence-corrected chi connectivity index (χ2v) is 5.03. The van der Waals surface area contributed by atoms with Crippen molar-refractivity contribution < 1.29 is 9.18 Å². The fourth-order valence-electron chi connectivity index (χ4n) is 1.96. The quantitative estimate of drug-likeness (QED) is 0.854. The first kappa shape index (κ1) is 15.4. The van der Waals surface area contributed by atoms with Crippen molar-refractivity contribution in [2.45, 2.75) is 13.0 Å². The molecule has 0 saturated carbocycles. The summed E-state index contributed by atoms with van der Waals surface area (Å²) < 4.78 is 13.5. The molecule has 1 aliphatic heterocycles. The maximum Gasteiger partial charge on any atom is 0.255 e. The fourth-order valence-corrected chi connectivity index (χ4v) is 2.48. The SMILES string of the molecule is CC1CNCCN1C(=O)c1ccc(F)cc1Br.Cl. The molecule has 0 aliphatic carbocycles. The number of hydrogen-bond acceptors (Lipinski definition) is 2. The Morgan fingerprint density at radius 3 is 2.89 bits per heavy atom. The molecule has 1 N–H and O–H groups in total. The Balaban J connectivity index is 0.00000162. The van der Waals surface area contributed by atoms with Gasteiger partial charge in [-0.15, -0.1) is 12.4 Å². The number of nitrogens with one attached hydrogen (secondary N) is 1. The lowest BCUT2D eigenvalue weighted by Crippen LogP contribution is -2.52. The molecule has 2 rings (SSSR count). The van der Waals surface area contributed by atoms with Gasteiger partial charge in [0.25, 0.3) is 5.91 Å². The topological polar surface area (TPSA) is 32.3 Å². The summed E-state index contributed by atoms with van der Waals surface area (Å²) >= 11 is 3.23. The number of nitrogens with zero attached hydrogens (tertiary/aromatic N) is 1. The Kier molecular flexibility index (Phi) is 5.56. The van der Waals surface area contributed by atoms with Gasteiger partial charge in [0.2, 0.25) is 0 Å². The van der Waals surface area contributed by atoms with Crippen LogP contribution >= 0.6 is 28.3 Å². The average molecular weight is 338 g/mol. The summed E-state index contributed by atoms with van der Waals surface area (Å²) in [6.45, 7) is 4.28. The van der Waals surface area contributed by atoms with E-state index in [0.29, 0.717) is 16.6 Å². The largest absolute Gasteiger partial charge is 0.333 e. The second-order valence-electron chi connectivity index (χ2n) is 4.18. The molecule has 18 heavy (non-hydrogen) atoms. The van der Waals surface area contributed by atoms with Gasteiger partial charge < -0.3 is 10.2 Å². The zero-order valence-corrected chi connectivity index (χ0v) is 12.4. The molecule has 0 radical (unpaired) electrons. The van der Waals surface area contributed by atoms with E-state index in [0.717, 1.165) is 13.1 Å². The Labute approximate surface area is 120 Å². The highest BCUT2D eigenvalue weighted by Crippen LogP contribution is 2.21. The van der Waals surface area contributed by atoms with E-state index in [2.05, 4.69) is 21.2 Å². The molecule has 1 heterocycles. The monoisotopic (exact) mass is 336 g/mol. The van der Waals surface area contributed by atoms with E-state index in [1.807, 2.05) is 11.8 Å². The summed E-state index contributed by atoms with van der Waals surface area (Å²) in [6, 6.07) is 4.31. The van der Waals surface area contributed by atoms with Gasteiger partial charge in [0, 0.05) is 30.1 Å². The van der Waals surface area contributed by atoms with Crippen LogP contribution in [0.3, 0.4) is 0 Å². The molecule has 1 aromatic carbocycles. The Morgan fingerprint density at radius 1 is 1.56 bits per heavy atom. The van der Waals surface area contributed by atoms with E-state index in [-0.39, 0.29) is 30.2 Å². The molecule has 3 nitrogen and oxygen atoms in total. The average Bonchev–Trinajstić information content (AvgIpc) is 2.29. The molecule has 0 bridgehead atoms. The van der Waals surface area contributed by atoms with Crippen molar-refractivity contribution in [2.75, 3.05) is 19.6 Å². The molecule has 1 aliphatic rings. The molecule has 0 spiro atoms. The van der Waals surface area contributed by atoms with Crippen LogP contribution in [0.1, 0.15) is 17.3 Å². The minimum Gasteiger partial charge on any atom is -0.333 e. The minimum atomic E-state index is -0.346. The van der Waals surface area contributed by atoms with Gasteiger partial charge in [0.1, 0.15) is 5.82 Å². The maximum absolute atomic E-state index is 13.0. The van der Waals surface area contributed by atoms with Crippen LogP contribution in [-0.2, 0) is 0 Å². The molecule has 100 valence electrons. The van der Waals surface area contributed by atoms with Crippen molar-refractivity contribution >= 4 is 34.2 Å². The van der Waals surface area contributed by atoms with Crippen LogP contribution in [0.15, 0.2) is 22.7 Å². The van der Waals surface area contributed by atoms with E-state index in [1.165, 1.54) is 18.2 Å². The number of carbonyl (C=O) groups excluding carboxylic acids is 1. The van der Waals surface area contributed by atoms with Gasteiger partial charge >= 0.3 is 0 Å². The Bertz CT molecular complexity index is 444. The number of amides is 1. The van der Waals surface area contributed by atoms with Crippen LogP contribution in [-0.4, -0.2) is 36.5 Å². The summed E-state index contributed by atoms with van der Waals surface area (Å²) in [5, 5.41) is 3.23. The molecule has 6 heteroatoms. The molecular weight excluding hydrogens is 322 g/mol. The smallest absolute Gasteiger partial charge is 0.255 e. The van der Waals surface area contributed by atoms with Crippen molar-refractivity contribution in [2.24, 2.45) is 0 Å². The first-order valence-corrected chi connectivity index (χ1v) is 6.35. The van der Waals surface area contributed by atoms with Gasteiger partial charge in [0.05, 0.1) is 5.56 Å². The van der Waals surface area contributed by atoms with Gasteiger partial charge in [-0.3, -0.25) is 4.79 Å². The van der Waals surface area contributed by atoms with Gasteiger partial charge in [0.15, 0.2) is 0 Å². The van der Waals surface area contributed by atoms with E-state index in [1.54, 1.807) is 0 Å². The fraction of sp³-hybridized carbons (Fsp3) is 0.417. The zero-order valence-electron chi connectivity index (χ0n) is 9.95. The summed E-state index contributed by atoms with van der Waals surface area (Å²) in [4.78, 5) is 14.1. The lowest BCUT2D eigenvalue weighted by atomic mass is 10.1. The molecule has 1 aromatic rings. The van der Waals surface area contributed by atoms with Crippen molar-refractivity contribution in [1.29, 1.82) is 0 Å². The number of benzene rings is 1. The van der Waals surface area contributed by atoms with Crippen molar-refractivity contribution in [3.05, 3.63) is 34.1 Å². The highest BCUT2D eigenvalue weighted by molar-refractivity contribution is 9.10. The number of hydrogen-bond donors (Lipinski definition) is 1. The molecule has 1 atom stereocenters. The maximum atomic E-state index is 13.0. The minimum absolute atomic E-state index is 0. The van der Waals surface area contributed by atoms with Gasteiger partial charge in [-0.05, 0) is 41.1 Å². The van der Waals surface area contributed by atoms with Gasteiger partial charge in [-0.25, -0.2) is 4.39 Å². The number of carbonyl (C=O) groups is 1. The summed E-state index contributed by atoms with van der Waals surface area (Å²) in [5.74, 6) is -0.396. The van der Waals surface area contributed by atoms with Crippen LogP contribution in [0.25, 0.3) is 0 Å². The molecule has 1 saturated heterocycles. The number of rotatable bonds is 1. The van der Waals surface area contributed by atoms with E-state index in [9.17, 15) is 9.18 Å². The van der Waals surface area contributed by atoms with Crippen LogP contribution in [0.5, 0.6) is 0 Å². The van der Waals surface area contributed by atoms with Crippen LogP contribution < -0.4 is 5.32 Å². The van der Waals surface area contributed by atoms with E-state index in [4.69, 9.17) is 0 Å². The molecule has 1 fully saturated rings. The standard InChI is InChI=1S/C12H14BrFN2O.ClH/c1-8-7-15-4-5-16(8)12(17)10-3-2-9(14)6-11(10)13;/h2-3,6,8,15H,4-5,7H2,1H3;1H. The van der Waals surface area contributed by atoms with Crippen molar-refractivity contribution in [1.82, 2.24) is 10.2 Å². The van der Waals surface area contributed by atoms with Crippen molar-refractivity contribution in [3.63, 3.8) is 0 Å². The highest BCUT2D eigenvalue weighted by atomic mass is 79.9. The number of halogens is 3. The normalized spacial score (nSPS) is 19.3. The molecule has 0 aromatic heterocycles. The van der Waals surface area contributed by atoms with Gasteiger partial charge in [-0.1, -0.05) is 0 Å². The third-order valence-electron chi connectivity index (χ3n) is 2.92. The molecule has 1 amide bonds. The molecular formula is C12H15BrClFN2O. The number of piperazine rings is 1. The highest BCUT2D eigenvalue weighted by Gasteiger charge is 2.25. The summed E-state index contributed by atoms with van der Waals surface area (Å²) in [7, 11) is 0. The Hall–Kier alpha value is -0.650. The predicted molar refractivity (Wildman–Crippen MR) is 74.7 cm³/mol. The lowest BCUT2D eigenvalue weighted by molar-refractivity contribution is 0.0655. The molecule has 1 unspecified atom stereocenters. The third-order valence-corrected chi connectivity index (χ3v) is 3.58. The van der Waals surface area contributed by atoms with Crippen molar-refractivity contribution in [3.8, 4) is 0 Å². The predicted octanol–water partition coefficient (Wildman–Crippen LogP) is 2.44. The van der Waals surface area contributed by atoms with Crippen LogP contribution in [0.4, 0.5) is 4.39 Å².